The lowest BCUT2D eigenvalue weighted by Gasteiger charge is -2.09. The van der Waals surface area contributed by atoms with Gasteiger partial charge in [-0.1, -0.05) is 6.07 Å². The molecule has 94 valence electrons. The number of rotatable bonds is 3. The van der Waals surface area contributed by atoms with Crippen LogP contribution in [0.1, 0.15) is 21.6 Å². The van der Waals surface area contributed by atoms with Gasteiger partial charge in [0.15, 0.2) is 0 Å². The summed E-state index contributed by atoms with van der Waals surface area (Å²) in [5, 5.41) is 6.90. The molecule has 1 aromatic heterocycles. The van der Waals surface area contributed by atoms with Gasteiger partial charge in [0, 0.05) is 24.5 Å². The van der Waals surface area contributed by atoms with Gasteiger partial charge in [-0.15, -0.1) is 0 Å². The second-order valence-electron chi connectivity index (χ2n) is 4.15. The number of amides is 1. The zero-order valence-electron chi connectivity index (χ0n) is 10.5. The molecule has 1 heterocycles. The van der Waals surface area contributed by atoms with Crippen LogP contribution in [-0.4, -0.2) is 15.7 Å². The molecule has 18 heavy (non-hydrogen) atoms. The molecule has 0 saturated heterocycles. The summed E-state index contributed by atoms with van der Waals surface area (Å²) >= 11 is 0. The van der Waals surface area contributed by atoms with Crippen LogP contribution in [0.15, 0.2) is 30.5 Å². The van der Waals surface area contributed by atoms with Crippen molar-refractivity contribution < 1.29 is 4.79 Å². The van der Waals surface area contributed by atoms with Crippen LogP contribution in [0.25, 0.3) is 0 Å². The zero-order chi connectivity index (χ0) is 13.1. The molecule has 0 aliphatic carbocycles. The number of benzene rings is 1. The lowest BCUT2D eigenvalue weighted by Crippen LogP contribution is -2.25. The van der Waals surface area contributed by atoms with Gasteiger partial charge in [0.2, 0.25) is 0 Å². The van der Waals surface area contributed by atoms with Gasteiger partial charge in [0.05, 0.1) is 12.2 Å². The van der Waals surface area contributed by atoms with Gasteiger partial charge in [-0.3, -0.25) is 9.48 Å². The van der Waals surface area contributed by atoms with E-state index in [0.717, 1.165) is 11.3 Å². The van der Waals surface area contributed by atoms with Gasteiger partial charge in [-0.25, -0.2) is 0 Å². The Morgan fingerprint density at radius 2 is 2.22 bits per heavy atom. The molecule has 0 atom stereocenters. The minimum Gasteiger partial charge on any atom is -0.398 e. The van der Waals surface area contributed by atoms with E-state index < -0.39 is 0 Å². The van der Waals surface area contributed by atoms with Crippen molar-refractivity contribution in [2.24, 2.45) is 7.05 Å². The third kappa shape index (κ3) is 2.34. The smallest absolute Gasteiger partial charge is 0.251 e. The molecule has 2 aromatic rings. The van der Waals surface area contributed by atoms with Crippen molar-refractivity contribution in [3.63, 3.8) is 0 Å². The Labute approximate surface area is 106 Å². The highest BCUT2D eigenvalue weighted by Crippen LogP contribution is 2.15. The summed E-state index contributed by atoms with van der Waals surface area (Å²) in [4.78, 5) is 12.0. The van der Waals surface area contributed by atoms with Crippen molar-refractivity contribution in [1.29, 1.82) is 0 Å². The number of hydrogen-bond donors (Lipinski definition) is 2. The summed E-state index contributed by atoms with van der Waals surface area (Å²) in [6.45, 7) is 2.29. The highest BCUT2D eigenvalue weighted by molar-refractivity contribution is 5.96. The van der Waals surface area contributed by atoms with E-state index in [1.54, 1.807) is 29.1 Å². The van der Waals surface area contributed by atoms with E-state index in [2.05, 4.69) is 10.4 Å². The number of nitrogens with zero attached hydrogens (tertiary/aromatic N) is 2. The van der Waals surface area contributed by atoms with E-state index in [-0.39, 0.29) is 5.91 Å². The molecule has 0 radical (unpaired) electrons. The Bertz CT molecular complexity index is 574. The number of nitrogens with one attached hydrogen (secondary N) is 1. The van der Waals surface area contributed by atoms with Gasteiger partial charge < -0.3 is 11.1 Å². The van der Waals surface area contributed by atoms with Gasteiger partial charge in [-0.05, 0) is 30.7 Å². The first-order valence-electron chi connectivity index (χ1n) is 5.69. The summed E-state index contributed by atoms with van der Waals surface area (Å²) in [6.07, 6.45) is 1.70. The molecule has 1 aromatic carbocycles. The Kier molecular flexibility index (Phi) is 3.32. The Hall–Kier alpha value is -2.30. The Morgan fingerprint density at radius 3 is 2.89 bits per heavy atom. The molecule has 5 nitrogen and oxygen atoms in total. The molecule has 0 saturated carbocycles. The third-order valence-corrected chi connectivity index (χ3v) is 2.97. The van der Waals surface area contributed by atoms with Gasteiger partial charge in [0.25, 0.3) is 5.91 Å². The van der Waals surface area contributed by atoms with Crippen LogP contribution < -0.4 is 11.1 Å². The van der Waals surface area contributed by atoms with Crippen LogP contribution in [0.3, 0.4) is 0 Å². The molecular formula is C13H16N4O. The lowest BCUT2D eigenvalue weighted by atomic mass is 10.1. The van der Waals surface area contributed by atoms with Crippen molar-refractivity contribution >= 4 is 11.6 Å². The number of hydrogen-bond acceptors (Lipinski definition) is 3. The van der Waals surface area contributed by atoms with Crippen LogP contribution in [0.2, 0.25) is 0 Å². The fourth-order valence-corrected chi connectivity index (χ4v) is 1.74. The number of aromatic nitrogens is 2. The quantitative estimate of drug-likeness (QED) is 0.798. The SMILES string of the molecule is Cc1c(N)cccc1C(=O)NCc1ccnn1C. The lowest BCUT2D eigenvalue weighted by molar-refractivity contribution is 0.0949. The largest absolute Gasteiger partial charge is 0.398 e. The number of carbonyl (C=O) groups is 1. The summed E-state index contributed by atoms with van der Waals surface area (Å²) in [7, 11) is 1.84. The summed E-state index contributed by atoms with van der Waals surface area (Å²) in [6, 6.07) is 7.20. The molecule has 0 bridgehead atoms. The van der Waals surface area contributed by atoms with E-state index >= 15 is 0 Å². The second-order valence-corrected chi connectivity index (χ2v) is 4.15. The summed E-state index contributed by atoms with van der Waals surface area (Å²) < 4.78 is 1.73. The minimum atomic E-state index is -0.124. The van der Waals surface area contributed by atoms with Crippen molar-refractivity contribution in [2.75, 3.05) is 5.73 Å². The predicted molar refractivity (Wildman–Crippen MR) is 70.0 cm³/mol. The normalized spacial score (nSPS) is 10.3. The maximum Gasteiger partial charge on any atom is 0.251 e. The molecule has 0 aliphatic heterocycles. The number of carbonyl (C=O) groups excluding carboxylic acids is 1. The molecule has 0 spiro atoms. The highest BCUT2D eigenvalue weighted by atomic mass is 16.1. The van der Waals surface area contributed by atoms with Crippen molar-refractivity contribution in [1.82, 2.24) is 15.1 Å². The minimum absolute atomic E-state index is 0.124. The van der Waals surface area contributed by atoms with E-state index in [4.69, 9.17) is 5.73 Å². The van der Waals surface area contributed by atoms with Crippen LogP contribution in [0.4, 0.5) is 5.69 Å². The average Bonchev–Trinajstić information content (AvgIpc) is 2.75. The predicted octanol–water partition coefficient (Wildman–Crippen LogP) is 1.24. The number of anilines is 1. The number of nitrogens with two attached hydrogens (primary N) is 1. The first-order chi connectivity index (χ1) is 8.59. The van der Waals surface area contributed by atoms with Gasteiger partial charge >= 0.3 is 0 Å². The second kappa shape index (κ2) is 4.91. The standard InChI is InChI=1S/C13H16N4O/c1-9-11(4-3-5-12(9)14)13(18)15-8-10-6-7-16-17(10)2/h3-7H,8,14H2,1-2H3,(H,15,18). The van der Waals surface area contributed by atoms with Crippen molar-refractivity contribution in [3.8, 4) is 0 Å². The molecule has 5 heteroatoms. The van der Waals surface area contributed by atoms with E-state index in [0.29, 0.717) is 17.8 Å². The molecule has 0 aliphatic rings. The summed E-state index contributed by atoms with van der Waals surface area (Å²) in [5.41, 5.74) is 8.77. The summed E-state index contributed by atoms with van der Waals surface area (Å²) in [5.74, 6) is -0.124. The highest BCUT2D eigenvalue weighted by Gasteiger charge is 2.10. The van der Waals surface area contributed by atoms with E-state index in [9.17, 15) is 4.79 Å². The molecule has 0 fully saturated rings. The van der Waals surface area contributed by atoms with Gasteiger partial charge in [0.1, 0.15) is 0 Å². The molecule has 3 N–H and O–H groups in total. The van der Waals surface area contributed by atoms with Crippen molar-refractivity contribution in [2.45, 2.75) is 13.5 Å². The van der Waals surface area contributed by atoms with Crippen LogP contribution in [0, 0.1) is 6.92 Å². The average molecular weight is 244 g/mol. The molecule has 1 amide bonds. The Morgan fingerprint density at radius 1 is 1.44 bits per heavy atom. The fourth-order valence-electron chi connectivity index (χ4n) is 1.74. The topological polar surface area (TPSA) is 72.9 Å². The van der Waals surface area contributed by atoms with Crippen LogP contribution >= 0.6 is 0 Å². The molecular weight excluding hydrogens is 228 g/mol. The van der Waals surface area contributed by atoms with Gasteiger partial charge in [-0.2, -0.15) is 5.10 Å². The van der Waals surface area contributed by atoms with Crippen molar-refractivity contribution in [3.05, 3.63) is 47.3 Å². The maximum atomic E-state index is 12.0. The fraction of sp³-hybridized carbons (Fsp3) is 0.231. The maximum absolute atomic E-state index is 12.0. The van der Waals surface area contributed by atoms with Crippen LogP contribution in [-0.2, 0) is 13.6 Å². The number of nitrogen functional groups attached to an aromatic ring is 1. The van der Waals surface area contributed by atoms with Crippen LogP contribution in [0.5, 0.6) is 0 Å². The number of aryl methyl sites for hydroxylation is 1. The van der Waals surface area contributed by atoms with E-state index in [1.807, 2.05) is 20.0 Å². The Balaban J connectivity index is 2.09. The third-order valence-electron chi connectivity index (χ3n) is 2.97. The molecule has 2 rings (SSSR count). The zero-order valence-corrected chi connectivity index (χ0v) is 10.5. The first-order valence-corrected chi connectivity index (χ1v) is 5.69. The molecule has 0 unspecified atom stereocenters. The monoisotopic (exact) mass is 244 g/mol. The first kappa shape index (κ1) is 12.2. The van der Waals surface area contributed by atoms with E-state index in [1.165, 1.54) is 0 Å².